The quantitative estimate of drug-likeness (QED) is 0.298. The number of carboxylic acid groups (broad SMARTS) is 1. The van der Waals surface area contributed by atoms with Gasteiger partial charge in [0.25, 0.3) is 5.56 Å². The van der Waals surface area contributed by atoms with Crippen LogP contribution in [0.1, 0.15) is 49.5 Å². The molecule has 1 aliphatic heterocycles. The highest BCUT2D eigenvalue weighted by molar-refractivity contribution is 7.23. The summed E-state index contributed by atoms with van der Waals surface area (Å²) in [6, 6.07) is 21.2. The molecule has 2 atom stereocenters. The summed E-state index contributed by atoms with van der Waals surface area (Å²) in [5.41, 5.74) is 1.26. The van der Waals surface area contributed by atoms with E-state index in [1.165, 1.54) is 22.3 Å². The van der Waals surface area contributed by atoms with Crippen LogP contribution < -0.4 is 10.9 Å². The minimum atomic E-state index is -0.939. The van der Waals surface area contributed by atoms with E-state index >= 15 is 0 Å². The number of carbonyl (C=O) groups excluding carboxylic acids is 1. The fourth-order valence-corrected chi connectivity index (χ4v) is 6.84. The molecule has 5 rings (SSSR count). The number of rotatable bonds is 5. The highest BCUT2D eigenvalue weighted by Crippen LogP contribution is 2.41. The van der Waals surface area contributed by atoms with Crippen molar-refractivity contribution in [2.45, 2.75) is 45.7 Å². The SMILES string of the molecule is CC(C)(C)C1[C@@H](Nc2sc3c(ccc(=O)n3-c3ccccc3)c2C(=O)c2ccccc2)CCCN1C(=O)O. The van der Waals surface area contributed by atoms with Crippen LogP contribution in [0, 0.1) is 5.41 Å². The molecule has 0 bridgehead atoms. The summed E-state index contributed by atoms with van der Waals surface area (Å²) in [5.74, 6) is -0.143. The second-order valence-electron chi connectivity index (χ2n) is 10.7. The third-order valence-corrected chi connectivity index (χ3v) is 8.22. The van der Waals surface area contributed by atoms with E-state index in [4.69, 9.17) is 0 Å². The maximum absolute atomic E-state index is 13.9. The molecule has 1 unspecified atom stereocenters. The molecule has 2 N–H and O–H groups in total. The normalized spacial score (nSPS) is 17.9. The predicted octanol–water partition coefficient (Wildman–Crippen LogP) is 6.25. The Hall–Kier alpha value is -3.91. The molecule has 1 amide bonds. The Labute approximate surface area is 225 Å². The second kappa shape index (κ2) is 10.1. The number of anilines is 1. The predicted molar refractivity (Wildman–Crippen MR) is 152 cm³/mol. The fraction of sp³-hybridized carbons (Fsp3) is 0.300. The van der Waals surface area contributed by atoms with Gasteiger partial charge in [0.05, 0.1) is 17.3 Å². The molecule has 2 aromatic carbocycles. The number of ketones is 1. The van der Waals surface area contributed by atoms with E-state index in [2.05, 4.69) is 5.32 Å². The van der Waals surface area contributed by atoms with Crippen LogP contribution >= 0.6 is 11.3 Å². The number of nitrogens with one attached hydrogen (secondary N) is 1. The summed E-state index contributed by atoms with van der Waals surface area (Å²) in [4.78, 5) is 41.4. The van der Waals surface area contributed by atoms with Gasteiger partial charge in [-0.15, -0.1) is 0 Å². The minimum absolute atomic E-state index is 0.143. The molecule has 2 aromatic heterocycles. The smallest absolute Gasteiger partial charge is 0.407 e. The topological polar surface area (TPSA) is 91.6 Å². The standard InChI is InChI=1S/C30H31N3O4S/c1-30(2,3)26-22(15-10-18-32(26)29(36)37)31-27-24(25(35)19-11-6-4-7-12-19)21-16-17-23(34)33(28(21)38-27)20-13-8-5-9-14-20/h4-9,11-14,16-17,22,26,31H,10,15,18H2,1-3H3,(H,36,37)/t22-,26?/m0/s1. The van der Waals surface area contributed by atoms with Gasteiger partial charge in [0, 0.05) is 29.6 Å². The molecule has 1 saturated heterocycles. The van der Waals surface area contributed by atoms with Crippen LogP contribution in [0.5, 0.6) is 0 Å². The summed E-state index contributed by atoms with van der Waals surface area (Å²) in [6.07, 6.45) is 0.550. The first-order chi connectivity index (χ1) is 18.2. The van der Waals surface area contributed by atoms with Gasteiger partial charge in [-0.2, -0.15) is 0 Å². The third kappa shape index (κ3) is 4.72. The van der Waals surface area contributed by atoms with E-state index < -0.39 is 6.09 Å². The van der Waals surface area contributed by atoms with Gasteiger partial charge in [-0.1, -0.05) is 80.6 Å². The van der Waals surface area contributed by atoms with Crippen molar-refractivity contribution in [3.63, 3.8) is 0 Å². The summed E-state index contributed by atoms with van der Waals surface area (Å²) in [7, 11) is 0. The van der Waals surface area contributed by atoms with Crippen molar-refractivity contribution in [1.29, 1.82) is 0 Å². The lowest BCUT2D eigenvalue weighted by Crippen LogP contribution is -2.58. The zero-order chi connectivity index (χ0) is 27.0. The number of aromatic nitrogens is 1. The molecular formula is C30H31N3O4S. The van der Waals surface area contributed by atoms with Crippen LogP contribution in [-0.2, 0) is 0 Å². The van der Waals surface area contributed by atoms with Gasteiger partial charge in [-0.05, 0) is 36.5 Å². The largest absolute Gasteiger partial charge is 0.465 e. The van der Waals surface area contributed by atoms with Crippen molar-refractivity contribution in [3.8, 4) is 5.69 Å². The zero-order valence-corrected chi connectivity index (χ0v) is 22.5. The summed E-state index contributed by atoms with van der Waals surface area (Å²) < 4.78 is 1.64. The van der Waals surface area contributed by atoms with Crippen molar-refractivity contribution in [1.82, 2.24) is 9.47 Å². The Bertz CT molecular complexity index is 1540. The Morgan fingerprint density at radius 1 is 0.974 bits per heavy atom. The Morgan fingerprint density at radius 2 is 1.63 bits per heavy atom. The first kappa shape index (κ1) is 25.7. The van der Waals surface area contributed by atoms with E-state index in [0.717, 1.165) is 18.5 Å². The van der Waals surface area contributed by atoms with E-state index in [1.54, 1.807) is 22.8 Å². The Kier molecular flexibility index (Phi) is 6.84. The van der Waals surface area contributed by atoms with Crippen LogP contribution in [0.15, 0.2) is 77.6 Å². The van der Waals surface area contributed by atoms with Gasteiger partial charge < -0.3 is 15.3 Å². The van der Waals surface area contributed by atoms with Crippen LogP contribution in [0.25, 0.3) is 15.9 Å². The van der Waals surface area contributed by atoms with Gasteiger partial charge in [-0.3, -0.25) is 14.2 Å². The first-order valence-corrected chi connectivity index (χ1v) is 13.6. The number of amides is 1. The van der Waals surface area contributed by atoms with Crippen molar-refractivity contribution < 1.29 is 14.7 Å². The molecule has 3 heterocycles. The van der Waals surface area contributed by atoms with Crippen molar-refractivity contribution >= 4 is 38.4 Å². The highest BCUT2D eigenvalue weighted by atomic mass is 32.1. The molecule has 38 heavy (non-hydrogen) atoms. The number of hydrogen-bond donors (Lipinski definition) is 2. The molecule has 0 aliphatic carbocycles. The molecular weight excluding hydrogens is 498 g/mol. The molecule has 0 radical (unpaired) electrons. The van der Waals surface area contributed by atoms with E-state index in [9.17, 15) is 19.5 Å². The number of nitrogens with zero attached hydrogens (tertiary/aromatic N) is 2. The number of pyridine rings is 1. The zero-order valence-electron chi connectivity index (χ0n) is 21.7. The summed E-state index contributed by atoms with van der Waals surface area (Å²) in [5, 5.41) is 14.9. The maximum Gasteiger partial charge on any atom is 0.407 e. The lowest BCUT2D eigenvalue weighted by molar-refractivity contribution is 0.0519. The molecule has 1 aliphatic rings. The number of hydrogen-bond acceptors (Lipinski definition) is 5. The van der Waals surface area contributed by atoms with Gasteiger partial charge in [-0.25, -0.2) is 4.79 Å². The number of thiophene rings is 1. The van der Waals surface area contributed by atoms with Crippen LogP contribution in [0.3, 0.4) is 0 Å². The maximum atomic E-state index is 13.9. The molecule has 8 heteroatoms. The monoisotopic (exact) mass is 529 g/mol. The Balaban J connectivity index is 1.70. The lowest BCUT2D eigenvalue weighted by Gasteiger charge is -2.47. The molecule has 7 nitrogen and oxygen atoms in total. The molecule has 0 spiro atoms. The van der Waals surface area contributed by atoms with Gasteiger partial charge in [0.2, 0.25) is 0 Å². The summed E-state index contributed by atoms with van der Waals surface area (Å²) >= 11 is 1.36. The number of carbonyl (C=O) groups is 2. The van der Waals surface area contributed by atoms with Crippen molar-refractivity contribution in [2.75, 3.05) is 11.9 Å². The van der Waals surface area contributed by atoms with Gasteiger partial charge >= 0.3 is 6.09 Å². The molecule has 0 saturated carbocycles. The average molecular weight is 530 g/mol. The third-order valence-electron chi connectivity index (χ3n) is 7.10. The van der Waals surface area contributed by atoms with Crippen LogP contribution in [0.2, 0.25) is 0 Å². The second-order valence-corrected chi connectivity index (χ2v) is 11.7. The number of para-hydroxylation sites is 1. The average Bonchev–Trinajstić information content (AvgIpc) is 3.26. The van der Waals surface area contributed by atoms with Crippen LogP contribution in [0.4, 0.5) is 9.80 Å². The van der Waals surface area contributed by atoms with Gasteiger partial charge in [0.15, 0.2) is 5.78 Å². The molecule has 196 valence electrons. The van der Waals surface area contributed by atoms with Gasteiger partial charge in [0.1, 0.15) is 9.83 Å². The Morgan fingerprint density at radius 3 is 2.26 bits per heavy atom. The molecule has 4 aromatic rings. The van der Waals surface area contributed by atoms with Crippen LogP contribution in [-0.4, -0.2) is 45.1 Å². The van der Waals surface area contributed by atoms with E-state index in [0.29, 0.717) is 32.9 Å². The number of benzene rings is 2. The number of fused-ring (bicyclic) bond motifs is 1. The summed E-state index contributed by atoms with van der Waals surface area (Å²) in [6.45, 7) is 6.61. The van der Waals surface area contributed by atoms with E-state index in [-0.39, 0.29) is 28.8 Å². The number of piperidine rings is 1. The van der Waals surface area contributed by atoms with Crippen molar-refractivity contribution in [3.05, 3.63) is 94.3 Å². The van der Waals surface area contributed by atoms with Crippen molar-refractivity contribution in [2.24, 2.45) is 5.41 Å². The highest BCUT2D eigenvalue weighted by Gasteiger charge is 2.42. The first-order valence-electron chi connectivity index (χ1n) is 12.8. The lowest BCUT2D eigenvalue weighted by atomic mass is 9.77. The fourth-order valence-electron chi connectivity index (χ4n) is 5.57. The minimum Gasteiger partial charge on any atom is -0.465 e. The van der Waals surface area contributed by atoms with E-state index in [1.807, 2.05) is 69.3 Å². The number of likely N-dealkylation sites (tertiary alicyclic amines) is 1. The molecule has 1 fully saturated rings.